The summed E-state index contributed by atoms with van der Waals surface area (Å²) in [5, 5.41) is 22.8. The fourth-order valence-corrected chi connectivity index (χ4v) is 3.61. The van der Waals surface area contributed by atoms with Crippen molar-refractivity contribution in [1.82, 2.24) is 4.57 Å². The predicted molar refractivity (Wildman–Crippen MR) is 126 cm³/mol. The van der Waals surface area contributed by atoms with Crippen LogP contribution in [0.4, 0.5) is 5.69 Å². The van der Waals surface area contributed by atoms with Gasteiger partial charge in [0.05, 0.1) is 11.6 Å². The van der Waals surface area contributed by atoms with Crippen LogP contribution >= 0.6 is 0 Å². The summed E-state index contributed by atoms with van der Waals surface area (Å²) in [7, 11) is 0. The zero-order chi connectivity index (χ0) is 22.5. The molecule has 0 aliphatic carbocycles. The van der Waals surface area contributed by atoms with Gasteiger partial charge >= 0.3 is 0 Å². The molecule has 0 bridgehead atoms. The number of benzene rings is 3. The second-order valence-electron chi connectivity index (χ2n) is 7.49. The number of aryl methyl sites for hydroxylation is 1. The lowest BCUT2D eigenvalue weighted by molar-refractivity contribution is -0.112. The summed E-state index contributed by atoms with van der Waals surface area (Å²) in [6.07, 6.45) is 3.52. The van der Waals surface area contributed by atoms with E-state index >= 15 is 0 Å². The normalized spacial score (nSPS) is 11.0. The number of nitriles is 2. The summed E-state index contributed by atoms with van der Waals surface area (Å²) in [5.74, 6) is -0.456. The highest BCUT2D eigenvalue weighted by Gasteiger charge is 2.13. The van der Waals surface area contributed by atoms with Crippen molar-refractivity contribution in [3.8, 4) is 12.1 Å². The number of fused-ring (bicyclic) bond motifs is 1. The minimum absolute atomic E-state index is 0.0194. The monoisotopic (exact) mass is 416 g/mol. The maximum Gasteiger partial charge on any atom is 0.266 e. The number of anilines is 1. The summed E-state index contributed by atoms with van der Waals surface area (Å²) < 4.78 is 2.03. The third-order valence-corrected chi connectivity index (χ3v) is 5.27. The van der Waals surface area contributed by atoms with E-state index in [1.54, 1.807) is 24.3 Å². The van der Waals surface area contributed by atoms with Gasteiger partial charge < -0.3 is 9.88 Å². The third-order valence-electron chi connectivity index (χ3n) is 5.27. The zero-order valence-corrected chi connectivity index (χ0v) is 17.5. The average Bonchev–Trinajstić information content (AvgIpc) is 3.16. The van der Waals surface area contributed by atoms with Gasteiger partial charge in [0.2, 0.25) is 0 Å². The van der Waals surface area contributed by atoms with Gasteiger partial charge in [0.15, 0.2) is 0 Å². The Kier molecular flexibility index (Phi) is 5.83. The van der Waals surface area contributed by atoms with Crippen molar-refractivity contribution in [3.63, 3.8) is 0 Å². The Labute approximate surface area is 186 Å². The molecule has 1 aromatic heterocycles. The molecule has 4 aromatic rings. The van der Waals surface area contributed by atoms with Crippen LogP contribution in [0.15, 0.2) is 84.6 Å². The van der Waals surface area contributed by atoms with Gasteiger partial charge in [-0.05, 0) is 42.8 Å². The quantitative estimate of drug-likeness (QED) is 0.349. The minimum atomic E-state index is -0.456. The second kappa shape index (κ2) is 9.04. The first-order chi connectivity index (χ1) is 15.6. The van der Waals surface area contributed by atoms with Gasteiger partial charge in [0.1, 0.15) is 11.6 Å². The van der Waals surface area contributed by atoms with Gasteiger partial charge in [-0.1, -0.05) is 54.1 Å². The molecule has 0 saturated heterocycles. The van der Waals surface area contributed by atoms with Crippen LogP contribution in [0, 0.1) is 29.6 Å². The maximum atomic E-state index is 12.7. The number of rotatable bonds is 5. The number of para-hydroxylation sites is 1. The first-order valence-corrected chi connectivity index (χ1v) is 10.1. The molecule has 0 aliphatic rings. The molecule has 32 heavy (non-hydrogen) atoms. The lowest BCUT2D eigenvalue weighted by Crippen LogP contribution is -2.13. The lowest BCUT2D eigenvalue weighted by atomic mass is 10.1. The number of hydrogen-bond donors (Lipinski definition) is 1. The van der Waals surface area contributed by atoms with E-state index in [0.717, 1.165) is 27.6 Å². The molecule has 0 saturated carbocycles. The molecule has 1 N–H and O–H groups in total. The van der Waals surface area contributed by atoms with Crippen molar-refractivity contribution in [2.24, 2.45) is 0 Å². The van der Waals surface area contributed by atoms with Crippen LogP contribution in [-0.2, 0) is 11.3 Å². The number of aromatic nitrogens is 1. The number of nitrogens with zero attached hydrogens (tertiary/aromatic N) is 3. The van der Waals surface area contributed by atoms with E-state index < -0.39 is 5.91 Å². The van der Waals surface area contributed by atoms with Crippen molar-refractivity contribution in [2.75, 3.05) is 5.32 Å². The fourth-order valence-electron chi connectivity index (χ4n) is 3.61. The molecule has 1 heterocycles. The number of amides is 1. The van der Waals surface area contributed by atoms with Crippen LogP contribution in [-0.4, -0.2) is 10.5 Å². The third kappa shape index (κ3) is 4.28. The number of hydrogen-bond acceptors (Lipinski definition) is 3. The molecular weight excluding hydrogens is 396 g/mol. The smallest absolute Gasteiger partial charge is 0.266 e. The van der Waals surface area contributed by atoms with E-state index in [0.29, 0.717) is 17.8 Å². The van der Waals surface area contributed by atoms with Crippen LogP contribution in [0.3, 0.4) is 0 Å². The van der Waals surface area contributed by atoms with Crippen LogP contribution in [0.25, 0.3) is 17.0 Å². The number of carbonyl (C=O) groups excluding carboxylic acids is 1. The van der Waals surface area contributed by atoms with Crippen molar-refractivity contribution in [1.29, 1.82) is 10.5 Å². The largest absolute Gasteiger partial charge is 0.342 e. The summed E-state index contributed by atoms with van der Waals surface area (Å²) in [5.41, 5.74) is 5.00. The fraction of sp³-hybridized carbons (Fsp3) is 0.0741. The summed E-state index contributed by atoms with van der Waals surface area (Å²) in [6, 6.07) is 27.0. The molecule has 4 rings (SSSR count). The molecular formula is C27H20N4O. The Hall–Kier alpha value is -4.61. The first kappa shape index (κ1) is 20.7. The van der Waals surface area contributed by atoms with Crippen molar-refractivity contribution >= 4 is 28.6 Å². The standard InChI is InChI=1S/C27H20N4O/c1-19-10-12-24(13-11-19)30-27(32)22(16-29)14-23-18-31(26-9-5-4-8-25(23)26)17-21-7-3-2-6-20(21)15-28/h2-14,18H,17H2,1H3,(H,30,32)/b22-14+. The molecule has 0 aliphatic heterocycles. The molecule has 0 spiro atoms. The summed E-state index contributed by atoms with van der Waals surface area (Å²) >= 11 is 0. The lowest BCUT2D eigenvalue weighted by Gasteiger charge is -2.07. The molecule has 5 heteroatoms. The van der Waals surface area contributed by atoms with Crippen molar-refractivity contribution in [3.05, 3.63) is 107 Å². The Morgan fingerprint density at radius 1 is 1.00 bits per heavy atom. The van der Waals surface area contributed by atoms with Crippen LogP contribution in [0.5, 0.6) is 0 Å². The summed E-state index contributed by atoms with van der Waals surface area (Å²) in [4.78, 5) is 12.7. The van der Waals surface area contributed by atoms with Crippen molar-refractivity contribution in [2.45, 2.75) is 13.5 Å². The van der Waals surface area contributed by atoms with E-state index in [4.69, 9.17) is 0 Å². The Bertz CT molecular complexity index is 1410. The second-order valence-corrected chi connectivity index (χ2v) is 7.49. The van der Waals surface area contributed by atoms with E-state index in [1.165, 1.54) is 0 Å². The highest BCUT2D eigenvalue weighted by atomic mass is 16.1. The van der Waals surface area contributed by atoms with Gasteiger partial charge in [-0.25, -0.2) is 0 Å². The highest BCUT2D eigenvalue weighted by Crippen LogP contribution is 2.25. The number of nitrogens with one attached hydrogen (secondary N) is 1. The van der Waals surface area contributed by atoms with Crippen LogP contribution in [0.1, 0.15) is 22.3 Å². The van der Waals surface area contributed by atoms with Gasteiger partial charge in [-0.3, -0.25) is 4.79 Å². The Balaban J connectivity index is 1.70. The molecule has 0 atom stereocenters. The maximum absolute atomic E-state index is 12.7. The Morgan fingerprint density at radius 3 is 2.47 bits per heavy atom. The molecule has 1 amide bonds. The van der Waals surface area contributed by atoms with Gasteiger partial charge in [-0.2, -0.15) is 10.5 Å². The molecule has 154 valence electrons. The SMILES string of the molecule is Cc1ccc(NC(=O)/C(C#N)=C/c2cn(Cc3ccccc3C#N)c3ccccc23)cc1. The summed E-state index contributed by atoms with van der Waals surface area (Å²) in [6.45, 7) is 2.48. The van der Waals surface area contributed by atoms with E-state index in [-0.39, 0.29) is 5.57 Å². The minimum Gasteiger partial charge on any atom is -0.342 e. The van der Waals surface area contributed by atoms with Gasteiger partial charge in [0, 0.05) is 34.9 Å². The topological polar surface area (TPSA) is 81.6 Å². The van der Waals surface area contributed by atoms with Gasteiger partial charge in [-0.15, -0.1) is 0 Å². The van der Waals surface area contributed by atoms with E-state index in [9.17, 15) is 15.3 Å². The van der Waals surface area contributed by atoms with E-state index in [1.807, 2.05) is 78.4 Å². The number of carbonyl (C=O) groups is 1. The molecule has 5 nitrogen and oxygen atoms in total. The Morgan fingerprint density at radius 2 is 1.72 bits per heavy atom. The molecule has 3 aromatic carbocycles. The highest BCUT2D eigenvalue weighted by molar-refractivity contribution is 6.10. The molecule has 0 unspecified atom stereocenters. The predicted octanol–water partition coefficient (Wildman–Crippen LogP) is 5.42. The molecule has 0 radical (unpaired) electrons. The zero-order valence-electron chi connectivity index (χ0n) is 17.5. The van der Waals surface area contributed by atoms with E-state index in [2.05, 4.69) is 11.4 Å². The molecule has 0 fully saturated rings. The van der Waals surface area contributed by atoms with Crippen LogP contribution in [0.2, 0.25) is 0 Å². The average molecular weight is 416 g/mol. The van der Waals surface area contributed by atoms with Crippen LogP contribution < -0.4 is 5.32 Å². The first-order valence-electron chi connectivity index (χ1n) is 10.1. The van der Waals surface area contributed by atoms with Gasteiger partial charge in [0.25, 0.3) is 5.91 Å². The van der Waals surface area contributed by atoms with Crippen molar-refractivity contribution < 1.29 is 4.79 Å².